The number of anilines is 6. The fourth-order valence-corrected chi connectivity index (χ4v) is 11.1. The van der Waals surface area contributed by atoms with Crippen LogP contribution in [0.1, 0.15) is 0 Å². The molecule has 342 valence electrons. The number of benzene rings is 13. The van der Waals surface area contributed by atoms with Crippen LogP contribution in [0.15, 0.2) is 283 Å². The number of hydrogen-bond acceptors (Lipinski definition) is 3. The molecule has 0 amide bonds. The zero-order valence-electron chi connectivity index (χ0n) is 39.9. The average Bonchev–Trinajstić information content (AvgIpc) is 3.85. The fraction of sp³-hybridized carbons (Fsp3) is 0. The Kier molecular flexibility index (Phi) is 10.2. The highest BCUT2D eigenvalue weighted by atomic mass is 16.3. The molecular weight excluding hydrogens is 885 g/mol. The predicted octanol–water partition coefficient (Wildman–Crippen LogP) is 20.1. The van der Waals surface area contributed by atoms with Gasteiger partial charge in [-0.3, -0.25) is 0 Å². The Morgan fingerprint density at radius 2 is 0.616 bits per heavy atom. The molecule has 0 radical (unpaired) electrons. The summed E-state index contributed by atoms with van der Waals surface area (Å²) < 4.78 is 6.12. The Balaban J connectivity index is 0.852. The molecule has 3 nitrogen and oxygen atoms in total. The summed E-state index contributed by atoms with van der Waals surface area (Å²) in [6.07, 6.45) is 0. The maximum atomic E-state index is 6.12. The Bertz CT molecular complexity index is 4280. The number of fused-ring (bicyclic) bond motifs is 10. The summed E-state index contributed by atoms with van der Waals surface area (Å²) in [7, 11) is 0. The van der Waals surface area contributed by atoms with Crippen molar-refractivity contribution in [1.82, 2.24) is 0 Å². The minimum absolute atomic E-state index is 0.909. The molecule has 0 fully saturated rings. The van der Waals surface area contributed by atoms with Gasteiger partial charge in [-0.2, -0.15) is 0 Å². The van der Waals surface area contributed by atoms with Gasteiger partial charge in [-0.15, -0.1) is 0 Å². The van der Waals surface area contributed by atoms with Crippen molar-refractivity contribution in [1.29, 1.82) is 0 Å². The van der Waals surface area contributed by atoms with Crippen LogP contribution < -0.4 is 9.80 Å². The summed E-state index contributed by atoms with van der Waals surface area (Å²) in [5.74, 6) is 0. The van der Waals surface area contributed by atoms with Crippen LogP contribution in [0.2, 0.25) is 0 Å². The topological polar surface area (TPSA) is 19.6 Å². The van der Waals surface area contributed by atoms with Crippen molar-refractivity contribution >= 4 is 99.2 Å². The van der Waals surface area contributed by atoms with Gasteiger partial charge in [-0.05, 0) is 156 Å². The van der Waals surface area contributed by atoms with E-state index in [1.807, 2.05) is 12.1 Å². The van der Waals surface area contributed by atoms with E-state index in [9.17, 15) is 0 Å². The van der Waals surface area contributed by atoms with E-state index in [1.165, 1.54) is 65.3 Å². The molecule has 13 aromatic carbocycles. The van der Waals surface area contributed by atoms with E-state index < -0.39 is 0 Å². The maximum Gasteiger partial charge on any atom is 0.135 e. The summed E-state index contributed by atoms with van der Waals surface area (Å²) in [6.45, 7) is 0. The lowest BCUT2D eigenvalue weighted by atomic mass is 9.93. The van der Waals surface area contributed by atoms with Gasteiger partial charge in [0, 0.05) is 44.6 Å². The predicted molar refractivity (Wildman–Crippen MR) is 309 cm³/mol. The lowest BCUT2D eigenvalue weighted by Gasteiger charge is -2.28. The van der Waals surface area contributed by atoms with Crippen LogP contribution in [-0.4, -0.2) is 0 Å². The second-order valence-electron chi connectivity index (χ2n) is 18.8. The van der Waals surface area contributed by atoms with Crippen LogP contribution >= 0.6 is 0 Å². The summed E-state index contributed by atoms with van der Waals surface area (Å²) in [4.78, 5) is 4.75. The first-order valence-electron chi connectivity index (χ1n) is 25.0. The minimum Gasteiger partial charge on any atom is -0.456 e. The SMILES string of the molecule is c1ccc(N(c2ccccc2)c2ccc(-c3ccc(N(c4ccc(-c5ccc(-c6ccc7oc8ccccc8c7c6)cc5)cc4)c4ccc5c6ccccc6c6ccccc6c5c4)cc3)c3ccccc23)cc1. The van der Waals surface area contributed by atoms with Gasteiger partial charge in [-0.1, -0.05) is 194 Å². The highest BCUT2D eigenvalue weighted by molar-refractivity contribution is 6.26. The van der Waals surface area contributed by atoms with Gasteiger partial charge in [0.25, 0.3) is 0 Å². The fourth-order valence-electron chi connectivity index (χ4n) is 11.1. The van der Waals surface area contributed by atoms with Gasteiger partial charge in [0.1, 0.15) is 11.2 Å². The van der Waals surface area contributed by atoms with E-state index in [-0.39, 0.29) is 0 Å². The van der Waals surface area contributed by atoms with Crippen molar-refractivity contribution in [3.8, 4) is 33.4 Å². The van der Waals surface area contributed by atoms with Crippen molar-refractivity contribution in [2.24, 2.45) is 0 Å². The molecule has 0 saturated heterocycles. The molecule has 0 saturated carbocycles. The van der Waals surface area contributed by atoms with Crippen molar-refractivity contribution in [3.63, 3.8) is 0 Å². The summed E-state index contributed by atoms with van der Waals surface area (Å²) >= 11 is 0. The zero-order valence-corrected chi connectivity index (χ0v) is 39.9. The minimum atomic E-state index is 0.909. The quantitative estimate of drug-likeness (QED) is 0.135. The molecule has 14 aromatic rings. The van der Waals surface area contributed by atoms with Crippen LogP contribution in [-0.2, 0) is 0 Å². The zero-order chi connectivity index (χ0) is 48.2. The normalized spacial score (nSPS) is 11.6. The molecule has 3 heteroatoms. The first kappa shape index (κ1) is 42.2. The van der Waals surface area contributed by atoms with Crippen molar-refractivity contribution in [2.75, 3.05) is 9.80 Å². The summed E-state index contributed by atoms with van der Waals surface area (Å²) in [5, 5.41) is 12.2. The third-order valence-corrected chi connectivity index (χ3v) is 14.6. The van der Waals surface area contributed by atoms with E-state index in [0.717, 1.165) is 67.2 Å². The molecule has 1 aromatic heterocycles. The highest BCUT2D eigenvalue weighted by Crippen LogP contribution is 2.45. The van der Waals surface area contributed by atoms with E-state index in [2.05, 4.69) is 277 Å². The molecule has 0 atom stereocenters. The number of furan rings is 1. The van der Waals surface area contributed by atoms with Crippen molar-refractivity contribution in [3.05, 3.63) is 279 Å². The third kappa shape index (κ3) is 7.37. The monoisotopic (exact) mass is 930 g/mol. The molecule has 0 unspecified atom stereocenters. The van der Waals surface area contributed by atoms with Crippen LogP contribution in [0.5, 0.6) is 0 Å². The van der Waals surface area contributed by atoms with Crippen LogP contribution in [0.3, 0.4) is 0 Å². The first-order chi connectivity index (χ1) is 36.2. The average molecular weight is 931 g/mol. The molecule has 0 aliphatic heterocycles. The van der Waals surface area contributed by atoms with Gasteiger partial charge in [0.05, 0.1) is 5.69 Å². The standard InChI is InChI=1S/C70H46N2O/c1-3-15-52(16-4-1)72(53-17-5-2-6-18-53)68-43-42-57(58-19-11-12-24-64(58)68)50-33-38-55(39-34-50)71(56-40-41-63-61-22-8-7-20-59(61)60-21-9-10-23-62(60)66(63)46-56)54-36-31-48(32-37-54)47-27-29-49(30-28-47)51-35-44-70-67(45-51)65-25-13-14-26-69(65)73-70/h1-46H. The number of nitrogens with zero attached hydrogens (tertiary/aromatic N) is 2. The second kappa shape index (κ2) is 17.6. The second-order valence-corrected chi connectivity index (χ2v) is 18.8. The molecule has 14 rings (SSSR count). The van der Waals surface area contributed by atoms with E-state index in [4.69, 9.17) is 4.42 Å². The largest absolute Gasteiger partial charge is 0.456 e. The first-order valence-corrected chi connectivity index (χ1v) is 25.0. The van der Waals surface area contributed by atoms with Gasteiger partial charge in [0.15, 0.2) is 0 Å². The Morgan fingerprint density at radius 1 is 0.205 bits per heavy atom. The summed E-state index contributed by atoms with van der Waals surface area (Å²) in [5.41, 5.74) is 15.4. The molecular formula is C70H46N2O. The third-order valence-electron chi connectivity index (χ3n) is 14.6. The maximum absolute atomic E-state index is 6.12. The molecule has 0 spiro atoms. The lowest BCUT2D eigenvalue weighted by molar-refractivity contribution is 0.669. The smallest absolute Gasteiger partial charge is 0.135 e. The number of para-hydroxylation sites is 3. The Morgan fingerprint density at radius 3 is 1.22 bits per heavy atom. The molecule has 73 heavy (non-hydrogen) atoms. The number of hydrogen-bond donors (Lipinski definition) is 0. The molecule has 1 heterocycles. The van der Waals surface area contributed by atoms with Gasteiger partial charge in [0.2, 0.25) is 0 Å². The van der Waals surface area contributed by atoms with E-state index in [0.29, 0.717) is 0 Å². The van der Waals surface area contributed by atoms with Gasteiger partial charge in [-0.25, -0.2) is 0 Å². The van der Waals surface area contributed by atoms with Crippen LogP contribution in [0.25, 0.3) is 98.4 Å². The highest BCUT2D eigenvalue weighted by Gasteiger charge is 2.20. The van der Waals surface area contributed by atoms with Crippen molar-refractivity contribution < 1.29 is 4.42 Å². The van der Waals surface area contributed by atoms with E-state index >= 15 is 0 Å². The van der Waals surface area contributed by atoms with E-state index in [1.54, 1.807) is 0 Å². The Labute approximate surface area is 423 Å². The van der Waals surface area contributed by atoms with Crippen molar-refractivity contribution in [2.45, 2.75) is 0 Å². The molecule has 0 aliphatic rings. The van der Waals surface area contributed by atoms with Gasteiger partial charge < -0.3 is 14.2 Å². The Hall–Kier alpha value is -9.70. The summed E-state index contributed by atoms with van der Waals surface area (Å²) in [6, 6.07) is 101. The van der Waals surface area contributed by atoms with Gasteiger partial charge >= 0.3 is 0 Å². The van der Waals surface area contributed by atoms with Crippen LogP contribution in [0.4, 0.5) is 34.1 Å². The number of rotatable bonds is 9. The lowest BCUT2D eigenvalue weighted by Crippen LogP contribution is -2.10. The molecule has 0 aliphatic carbocycles. The molecule has 0 N–H and O–H groups in total. The molecule has 0 bridgehead atoms. The van der Waals surface area contributed by atoms with Crippen LogP contribution in [0, 0.1) is 0 Å².